The maximum absolute atomic E-state index is 13.8. The van der Waals surface area contributed by atoms with Gasteiger partial charge in [-0.3, -0.25) is 10.1 Å². The molecular formula is C14H11Br2FN2O2. The van der Waals surface area contributed by atoms with Gasteiger partial charge in [0.2, 0.25) is 0 Å². The number of rotatable bonds is 4. The van der Waals surface area contributed by atoms with E-state index in [9.17, 15) is 14.5 Å². The minimum Gasteiger partial charge on any atom is -0.378 e. The first-order valence-electron chi connectivity index (χ1n) is 6.04. The molecule has 0 saturated heterocycles. The highest BCUT2D eigenvalue weighted by Crippen LogP contribution is 2.30. The second kappa shape index (κ2) is 6.53. The second-order valence-electron chi connectivity index (χ2n) is 4.46. The molecule has 4 nitrogen and oxygen atoms in total. The summed E-state index contributed by atoms with van der Waals surface area (Å²) in [4.78, 5) is 10.4. The van der Waals surface area contributed by atoms with Crippen LogP contribution in [0.2, 0.25) is 0 Å². The van der Waals surface area contributed by atoms with Crippen molar-refractivity contribution in [3.05, 3.63) is 66.8 Å². The zero-order valence-electron chi connectivity index (χ0n) is 10.9. The van der Waals surface area contributed by atoms with Crippen molar-refractivity contribution < 1.29 is 9.31 Å². The average Bonchev–Trinajstić information content (AvgIpc) is 2.43. The Morgan fingerprint density at radius 3 is 2.62 bits per heavy atom. The molecule has 0 aliphatic heterocycles. The molecule has 1 N–H and O–H groups in total. The van der Waals surface area contributed by atoms with Gasteiger partial charge in [-0.15, -0.1) is 0 Å². The molecule has 0 aliphatic rings. The van der Waals surface area contributed by atoms with Crippen LogP contribution in [0.4, 0.5) is 15.8 Å². The molecule has 0 aromatic heterocycles. The Labute approximate surface area is 137 Å². The highest BCUT2D eigenvalue weighted by molar-refractivity contribution is 9.10. The van der Waals surface area contributed by atoms with Crippen molar-refractivity contribution in [2.24, 2.45) is 0 Å². The van der Waals surface area contributed by atoms with Crippen molar-refractivity contribution in [3.8, 4) is 0 Å². The summed E-state index contributed by atoms with van der Waals surface area (Å²) in [6.45, 7) is 1.79. The second-order valence-corrected chi connectivity index (χ2v) is 6.23. The number of nitrogens with one attached hydrogen (secondary N) is 1. The summed E-state index contributed by atoms with van der Waals surface area (Å²) in [6.07, 6.45) is 0. The van der Waals surface area contributed by atoms with Crippen molar-refractivity contribution in [1.29, 1.82) is 0 Å². The molecule has 0 heterocycles. The number of anilines is 1. The van der Waals surface area contributed by atoms with Gasteiger partial charge >= 0.3 is 0 Å². The monoisotopic (exact) mass is 416 g/mol. The maximum atomic E-state index is 13.8. The Bertz CT molecular complexity index is 695. The first-order chi connectivity index (χ1) is 9.88. The quantitative estimate of drug-likeness (QED) is 0.532. The Balaban J connectivity index is 2.27. The molecule has 0 fully saturated rings. The largest absolute Gasteiger partial charge is 0.378 e. The number of benzene rings is 2. The van der Waals surface area contributed by atoms with Crippen LogP contribution in [0.25, 0.3) is 0 Å². The van der Waals surface area contributed by atoms with Gasteiger partial charge in [0, 0.05) is 21.8 Å². The first-order valence-corrected chi connectivity index (χ1v) is 7.62. The number of nitro benzene ring substituents is 1. The lowest BCUT2D eigenvalue weighted by atomic mass is 10.1. The molecule has 0 spiro atoms. The Morgan fingerprint density at radius 1 is 1.24 bits per heavy atom. The molecule has 0 amide bonds. The predicted molar refractivity (Wildman–Crippen MR) is 86.9 cm³/mol. The third-order valence-electron chi connectivity index (χ3n) is 2.95. The molecule has 2 aromatic carbocycles. The fourth-order valence-electron chi connectivity index (χ4n) is 1.92. The number of hydrogen-bond acceptors (Lipinski definition) is 3. The van der Waals surface area contributed by atoms with Crippen LogP contribution in [0.15, 0.2) is 45.3 Å². The lowest BCUT2D eigenvalue weighted by Gasteiger charge is -2.17. The fourth-order valence-corrected chi connectivity index (χ4v) is 2.69. The summed E-state index contributed by atoms with van der Waals surface area (Å²) in [5.41, 5.74) is 0.994. The Hall–Kier alpha value is -1.47. The minimum atomic E-state index is -0.473. The van der Waals surface area contributed by atoms with Crippen LogP contribution in [-0.4, -0.2) is 4.92 Å². The van der Waals surface area contributed by atoms with Crippen molar-refractivity contribution in [1.82, 2.24) is 0 Å². The third kappa shape index (κ3) is 3.79. The van der Waals surface area contributed by atoms with E-state index in [-0.39, 0.29) is 17.5 Å². The zero-order chi connectivity index (χ0) is 15.6. The molecule has 1 unspecified atom stereocenters. The SMILES string of the molecule is CC(Nc1ccc(Br)c([N+](=O)[O-])c1)c1cc(Br)ccc1F. The molecule has 1 atom stereocenters. The van der Waals surface area contributed by atoms with Crippen molar-refractivity contribution in [2.45, 2.75) is 13.0 Å². The molecule has 7 heteroatoms. The van der Waals surface area contributed by atoms with Gasteiger partial charge < -0.3 is 5.32 Å². The highest BCUT2D eigenvalue weighted by Gasteiger charge is 2.15. The van der Waals surface area contributed by atoms with E-state index in [2.05, 4.69) is 37.2 Å². The van der Waals surface area contributed by atoms with Crippen LogP contribution < -0.4 is 5.32 Å². The zero-order valence-corrected chi connectivity index (χ0v) is 14.1. The smallest absolute Gasteiger partial charge is 0.285 e. The van der Waals surface area contributed by atoms with E-state index in [1.54, 1.807) is 31.2 Å². The van der Waals surface area contributed by atoms with Crippen LogP contribution in [0.3, 0.4) is 0 Å². The third-order valence-corrected chi connectivity index (χ3v) is 4.11. The lowest BCUT2D eigenvalue weighted by molar-refractivity contribution is -0.385. The van der Waals surface area contributed by atoms with Crippen LogP contribution in [-0.2, 0) is 0 Å². The normalized spacial score (nSPS) is 12.0. The van der Waals surface area contributed by atoms with Crippen molar-refractivity contribution in [3.63, 3.8) is 0 Å². The van der Waals surface area contributed by atoms with Crippen LogP contribution in [0.5, 0.6) is 0 Å². The molecule has 0 radical (unpaired) electrons. The Morgan fingerprint density at radius 2 is 1.95 bits per heavy atom. The van der Waals surface area contributed by atoms with Crippen molar-refractivity contribution in [2.75, 3.05) is 5.32 Å². The maximum Gasteiger partial charge on any atom is 0.285 e. The molecule has 2 aromatic rings. The predicted octanol–water partition coefficient (Wildman–Crippen LogP) is 5.43. The summed E-state index contributed by atoms with van der Waals surface area (Å²) >= 11 is 6.43. The molecule has 0 aliphatic carbocycles. The van der Waals surface area contributed by atoms with Crippen LogP contribution in [0.1, 0.15) is 18.5 Å². The van der Waals surface area contributed by atoms with Gasteiger partial charge in [-0.05, 0) is 53.2 Å². The molecular weight excluding hydrogens is 407 g/mol. The van der Waals surface area contributed by atoms with Gasteiger partial charge in [0.1, 0.15) is 5.82 Å². The van der Waals surface area contributed by atoms with E-state index in [1.165, 1.54) is 12.1 Å². The molecule has 2 rings (SSSR count). The van der Waals surface area contributed by atoms with E-state index in [0.717, 1.165) is 4.47 Å². The van der Waals surface area contributed by atoms with Gasteiger partial charge in [-0.1, -0.05) is 15.9 Å². The topological polar surface area (TPSA) is 55.2 Å². The van der Waals surface area contributed by atoms with Gasteiger partial charge in [0.05, 0.1) is 15.4 Å². The Kier molecular flexibility index (Phi) is 4.95. The van der Waals surface area contributed by atoms with Crippen LogP contribution >= 0.6 is 31.9 Å². The van der Waals surface area contributed by atoms with E-state index in [1.807, 2.05) is 0 Å². The first kappa shape index (κ1) is 15.9. The van der Waals surface area contributed by atoms with E-state index in [0.29, 0.717) is 15.7 Å². The number of nitro groups is 1. The highest BCUT2D eigenvalue weighted by atomic mass is 79.9. The summed E-state index contributed by atoms with van der Waals surface area (Å²) < 4.78 is 15.0. The van der Waals surface area contributed by atoms with E-state index in [4.69, 9.17) is 0 Å². The molecule has 21 heavy (non-hydrogen) atoms. The van der Waals surface area contributed by atoms with E-state index < -0.39 is 4.92 Å². The summed E-state index contributed by atoms with van der Waals surface area (Å²) in [5.74, 6) is -0.329. The number of halogens is 3. The standard InChI is InChI=1S/C14H11Br2FN2O2/c1-8(11-6-9(15)2-5-13(11)17)18-10-3-4-12(16)14(7-10)19(20)21/h2-8,18H,1H3. The summed E-state index contributed by atoms with van der Waals surface area (Å²) in [5, 5.41) is 14.0. The number of hydrogen-bond donors (Lipinski definition) is 1. The molecule has 110 valence electrons. The molecule has 0 saturated carbocycles. The fraction of sp³-hybridized carbons (Fsp3) is 0.143. The summed E-state index contributed by atoms with van der Waals surface area (Å²) in [7, 11) is 0. The van der Waals surface area contributed by atoms with Gasteiger partial charge in [-0.25, -0.2) is 4.39 Å². The summed E-state index contributed by atoms with van der Waals surface area (Å²) in [6, 6.07) is 9.05. The number of nitrogens with zero attached hydrogens (tertiary/aromatic N) is 1. The van der Waals surface area contributed by atoms with Crippen LogP contribution in [0, 0.1) is 15.9 Å². The molecule has 0 bridgehead atoms. The van der Waals surface area contributed by atoms with Gasteiger partial charge in [0.15, 0.2) is 0 Å². The minimum absolute atomic E-state index is 0.0399. The average molecular weight is 418 g/mol. The lowest BCUT2D eigenvalue weighted by Crippen LogP contribution is -2.09. The van der Waals surface area contributed by atoms with Gasteiger partial charge in [0.25, 0.3) is 5.69 Å². The van der Waals surface area contributed by atoms with Gasteiger partial charge in [-0.2, -0.15) is 0 Å². The van der Waals surface area contributed by atoms with Crippen molar-refractivity contribution >= 4 is 43.2 Å². The van der Waals surface area contributed by atoms with E-state index >= 15 is 0 Å².